The van der Waals surface area contributed by atoms with Gasteiger partial charge in [0.25, 0.3) is 0 Å². The number of benzene rings is 2. The van der Waals surface area contributed by atoms with Gasteiger partial charge < -0.3 is 5.11 Å². The van der Waals surface area contributed by atoms with Crippen LogP contribution in [0.3, 0.4) is 0 Å². The molecule has 6 heteroatoms. The summed E-state index contributed by atoms with van der Waals surface area (Å²) in [7, 11) is -3.60. The number of aliphatic hydroxyl groups excluding tert-OH is 1. The molecule has 0 aliphatic heterocycles. The minimum atomic E-state index is -3.60. The summed E-state index contributed by atoms with van der Waals surface area (Å²) in [5, 5.41) is 9.92. The van der Waals surface area contributed by atoms with Crippen molar-refractivity contribution in [3.05, 3.63) is 64.6 Å². The van der Waals surface area contributed by atoms with Gasteiger partial charge in [-0.3, -0.25) is 0 Å². The zero-order valence-corrected chi connectivity index (χ0v) is 13.6. The summed E-state index contributed by atoms with van der Waals surface area (Å²) in [6.07, 6.45) is -0.360. The highest BCUT2D eigenvalue weighted by molar-refractivity contribution is 9.10. The fraction of sp³-hybridized carbons (Fsp3) is 0.200. The first-order valence-electron chi connectivity index (χ1n) is 6.44. The quantitative estimate of drug-likeness (QED) is 0.820. The predicted molar refractivity (Wildman–Crippen MR) is 85.5 cm³/mol. The van der Waals surface area contributed by atoms with Crippen molar-refractivity contribution in [2.75, 3.05) is 6.54 Å². The van der Waals surface area contributed by atoms with E-state index in [4.69, 9.17) is 0 Å². The SMILES string of the molecule is O=S(=O)(NCC(O)Cc1ccccc1)c1ccc(Br)cc1. The summed E-state index contributed by atoms with van der Waals surface area (Å²) < 4.78 is 27.4. The molecule has 0 spiro atoms. The van der Waals surface area contributed by atoms with Crippen LogP contribution in [-0.2, 0) is 16.4 Å². The van der Waals surface area contributed by atoms with Gasteiger partial charge in [-0.2, -0.15) is 0 Å². The van der Waals surface area contributed by atoms with E-state index in [2.05, 4.69) is 20.7 Å². The summed E-state index contributed by atoms with van der Waals surface area (Å²) >= 11 is 3.26. The van der Waals surface area contributed by atoms with Crippen LogP contribution in [0.5, 0.6) is 0 Å². The summed E-state index contributed by atoms with van der Waals surface area (Å²) in [5.74, 6) is 0. The molecular weight excluding hydrogens is 354 g/mol. The molecule has 0 aromatic heterocycles. The molecule has 21 heavy (non-hydrogen) atoms. The Kier molecular flexibility index (Phi) is 5.52. The fourth-order valence-electron chi connectivity index (χ4n) is 1.86. The Hall–Kier alpha value is -1.21. The lowest BCUT2D eigenvalue weighted by Gasteiger charge is -2.12. The van der Waals surface area contributed by atoms with Crippen molar-refractivity contribution in [3.8, 4) is 0 Å². The molecule has 2 aromatic carbocycles. The van der Waals surface area contributed by atoms with Crippen molar-refractivity contribution >= 4 is 26.0 Å². The minimum Gasteiger partial charge on any atom is -0.391 e. The lowest BCUT2D eigenvalue weighted by atomic mass is 10.1. The van der Waals surface area contributed by atoms with E-state index in [1.54, 1.807) is 12.1 Å². The number of sulfonamides is 1. The Labute approximate surface area is 133 Å². The van der Waals surface area contributed by atoms with Crippen molar-refractivity contribution in [2.24, 2.45) is 0 Å². The maximum absolute atomic E-state index is 12.1. The van der Waals surface area contributed by atoms with Gasteiger partial charge in [0, 0.05) is 11.0 Å². The van der Waals surface area contributed by atoms with Crippen molar-refractivity contribution in [1.29, 1.82) is 0 Å². The van der Waals surface area contributed by atoms with Gasteiger partial charge in [-0.05, 0) is 36.2 Å². The molecule has 0 bridgehead atoms. The van der Waals surface area contributed by atoms with Gasteiger partial charge in [-0.1, -0.05) is 46.3 Å². The molecule has 0 fully saturated rings. The molecule has 2 aromatic rings. The Morgan fingerprint density at radius 2 is 1.67 bits per heavy atom. The topological polar surface area (TPSA) is 66.4 Å². The standard InChI is InChI=1S/C15H16BrNO3S/c16-13-6-8-15(9-7-13)21(19,20)17-11-14(18)10-12-4-2-1-3-5-12/h1-9,14,17-18H,10-11H2. The van der Waals surface area contributed by atoms with Crippen LogP contribution in [0.4, 0.5) is 0 Å². The van der Waals surface area contributed by atoms with Crippen molar-refractivity contribution < 1.29 is 13.5 Å². The van der Waals surface area contributed by atoms with Gasteiger partial charge in [0.05, 0.1) is 11.0 Å². The number of halogens is 1. The smallest absolute Gasteiger partial charge is 0.240 e. The Bertz CT molecular complexity index is 672. The highest BCUT2D eigenvalue weighted by Crippen LogP contribution is 2.14. The number of hydrogen-bond acceptors (Lipinski definition) is 3. The molecular formula is C15H16BrNO3S. The molecule has 0 amide bonds. The molecule has 4 nitrogen and oxygen atoms in total. The number of rotatable bonds is 6. The largest absolute Gasteiger partial charge is 0.391 e. The fourth-order valence-corrected chi connectivity index (χ4v) is 3.20. The normalized spacial score (nSPS) is 13.0. The van der Waals surface area contributed by atoms with Crippen molar-refractivity contribution in [1.82, 2.24) is 4.72 Å². The first kappa shape index (κ1) is 16.2. The molecule has 112 valence electrons. The van der Waals surface area contributed by atoms with Crippen LogP contribution in [0.15, 0.2) is 64.0 Å². The van der Waals surface area contributed by atoms with Crippen LogP contribution in [0, 0.1) is 0 Å². The van der Waals surface area contributed by atoms with Crippen molar-refractivity contribution in [2.45, 2.75) is 17.4 Å². The summed E-state index contributed by atoms with van der Waals surface area (Å²) in [4.78, 5) is 0.178. The van der Waals surface area contributed by atoms with Crippen LogP contribution in [0.25, 0.3) is 0 Å². The molecule has 0 saturated heterocycles. The Morgan fingerprint density at radius 3 is 2.29 bits per heavy atom. The molecule has 0 radical (unpaired) electrons. The maximum Gasteiger partial charge on any atom is 0.240 e. The first-order chi connectivity index (χ1) is 9.97. The average Bonchev–Trinajstić information content (AvgIpc) is 2.47. The zero-order chi connectivity index (χ0) is 15.3. The Balaban J connectivity index is 1.94. The van der Waals surface area contributed by atoms with Gasteiger partial charge in [0.2, 0.25) is 10.0 Å². The van der Waals surface area contributed by atoms with Crippen LogP contribution in [-0.4, -0.2) is 26.2 Å². The third kappa shape index (κ3) is 4.93. The van der Waals surface area contributed by atoms with Gasteiger partial charge in [-0.15, -0.1) is 0 Å². The Morgan fingerprint density at radius 1 is 1.05 bits per heavy atom. The summed E-state index contributed by atoms with van der Waals surface area (Å²) in [6.45, 7) is -0.0205. The van der Waals surface area contributed by atoms with Crippen LogP contribution in [0.2, 0.25) is 0 Å². The molecule has 0 heterocycles. The predicted octanol–water partition coefficient (Wildman–Crippen LogP) is 2.33. The third-order valence-corrected chi connectivity index (χ3v) is 4.92. The maximum atomic E-state index is 12.1. The molecule has 1 unspecified atom stereocenters. The highest BCUT2D eigenvalue weighted by Gasteiger charge is 2.15. The van der Waals surface area contributed by atoms with E-state index >= 15 is 0 Å². The number of nitrogens with one attached hydrogen (secondary N) is 1. The monoisotopic (exact) mass is 369 g/mol. The van der Waals surface area contributed by atoms with E-state index < -0.39 is 16.1 Å². The zero-order valence-electron chi connectivity index (χ0n) is 11.2. The van der Waals surface area contributed by atoms with Gasteiger partial charge in [0.15, 0.2) is 0 Å². The molecule has 2 rings (SSSR count). The number of hydrogen-bond donors (Lipinski definition) is 2. The first-order valence-corrected chi connectivity index (χ1v) is 8.72. The lowest BCUT2D eigenvalue weighted by molar-refractivity contribution is 0.179. The van der Waals surface area contributed by atoms with E-state index in [0.717, 1.165) is 10.0 Å². The second kappa shape index (κ2) is 7.17. The third-order valence-electron chi connectivity index (χ3n) is 2.95. The highest BCUT2D eigenvalue weighted by atomic mass is 79.9. The van der Waals surface area contributed by atoms with E-state index in [0.29, 0.717) is 6.42 Å². The average molecular weight is 370 g/mol. The van der Waals surface area contributed by atoms with E-state index in [1.807, 2.05) is 30.3 Å². The van der Waals surface area contributed by atoms with Gasteiger partial charge >= 0.3 is 0 Å². The summed E-state index contributed by atoms with van der Waals surface area (Å²) in [5.41, 5.74) is 0.966. The molecule has 2 N–H and O–H groups in total. The minimum absolute atomic E-state index is 0.0205. The molecule has 1 atom stereocenters. The van der Waals surface area contributed by atoms with E-state index in [1.165, 1.54) is 12.1 Å². The van der Waals surface area contributed by atoms with Crippen molar-refractivity contribution in [3.63, 3.8) is 0 Å². The van der Waals surface area contributed by atoms with Gasteiger partial charge in [0.1, 0.15) is 0 Å². The van der Waals surface area contributed by atoms with Crippen LogP contribution < -0.4 is 4.72 Å². The van der Waals surface area contributed by atoms with Crippen LogP contribution >= 0.6 is 15.9 Å². The second-order valence-electron chi connectivity index (χ2n) is 4.65. The molecule has 0 aliphatic carbocycles. The van der Waals surface area contributed by atoms with Crippen LogP contribution in [0.1, 0.15) is 5.56 Å². The lowest BCUT2D eigenvalue weighted by Crippen LogP contribution is -2.33. The van der Waals surface area contributed by atoms with Gasteiger partial charge in [-0.25, -0.2) is 13.1 Å². The second-order valence-corrected chi connectivity index (χ2v) is 7.33. The number of aliphatic hydroxyl groups is 1. The summed E-state index contributed by atoms with van der Waals surface area (Å²) in [6, 6.07) is 15.8. The molecule has 0 saturated carbocycles. The van der Waals surface area contributed by atoms with E-state index in [-0.39, 0.29) is 11.4 Å². The molecule has 0 aliphatic rings. The van der Waals surface area contributed by atoms with E-state index in [9.17, 15) is 13.5 Å².